The predicted octanol–water partition coefficient (Wildman–Crippen LogP) is 2.25. The molecule has 1 aromatic heterocycles. The molecule has 15 heavy (non-hydrogen) atoms. The lowest BCUT2D eigenvalue weighted by atomic mass is 10.0. The first-order valence-electron chi connectivity index (χ1n) is 5.28. The van der Waals surface area contributed by atoms with E-state index in [4.69, 9.17) is 5.84 Å². The van der Waals surface area contributed by atoms with Crippen LogP contribution in [0.1, 0.15) is 36.6 Å². The maximum absolute atomic E-state index is 5.54. The van der Waals surface area contributed by atoms with Gasteiger partial charge in [-0.2, -0.15) is 0 Å². The third-order valence-electron chi connectivity index (χ3n) is 2.48. The van der Waals surface area contributed by atoms with Crippen molar-refractivity contribution >= 4 is 0 Å². The molecule has 0 amide bonds. The highest BCUT2D eigenvalue weighted by Gasteiger charge is 2.12. The minimum atomic E-state index is 0.145. The average molecular weight is 205 g/mol. The molecule has 1 heterocycles. The van der Waals surface area contributed by atoms with Crippen LogP contribution in [0.4, 0.5) is 0 Å². The Kier molecular flexibility index (Phi) is 5.01. The molecule has 0 aliphatic heterocycles. The van der Waals surface area contributed by atoms with Crippen LogP contribution in [-0.4, -0.2) is 4.98 Å². The molecular weight excluding hydrogens is 186 g/mol. The third kappa shape index (κ3) is 3.46. The number of nitrogens with one attached hydrogen (secondary N) is 1. The molecule has 3 heteroatoms. The van der Waals surface area contributed by atoms with Crippen molar-refractivity contribution in [3.8, 4) is 0 Å². The first-order valence-corrected chi connectivity index (χ1v) is 5.28. The molecule has 1 rings (SSSR count). The Morgan fingerprint density at radius 3 is 3.07 bits per heavy atom. The van der Waals surface area contributed by atoms with Crippen molar-refractivity contribution in [2.24, 2.45) is 5.84 Å². The number of aryl methyl sites for hydroxylation is 1. The van der Waals surface area contributed by atoms with E-state index in [0.29, 0.717) is 0 Å². The van der Waals surface area contributed by atoms with E-state index in [1.807, 2.05) is 12.1 Å². The van der Waals surface area contributed by atoms with Crippen LogP contribution in [0.15, 0.2) is 31.0 Å². The van der Waals surface area contributed by atoms with Gasteiger partial charge in [0.05, 0.1) is 11.7 Å². The molecule has 0 radical (unpaired) electrons. The number of rotatable bonds is 6. The monoisotopic (exact) mass is 205 g/mol. The summed E-state index contributed by atoms with van der Waals surface area (Å²) in [6.07, 6.45) is 6.82. The number of hydrazine groups is 1. The van der Waals surface area contributed by atoms with Crippen LogP contribution >= 0.6 is 0 Å². The van der Waals surface area contributed by atoms with E-state index in [1.54, 1.807) is 6.20 Å². The fourth-order valence-corrected chi connectivity index (χ4v) is 1.63. The van der Waals surface area contributed by atoms with Crippen molar-refractivity contribution in [2.45, 2.75) is 32.2 Å². The highest BCUT2D eigenvalue weighted by atomic mass is 15.2. The van der Waals surface area contributed by atoms with Crippen molar-refractivity contribution in [3.05, 3.63) is 42.2 Å². The lowest BCUT2D eigenvalue weighted by Crippen LogP contribution is -2.29. The summed E-state index contributed by atoms with van der Waals surface area (Å²) >= 11 is 0. The maximum atomic E-state index is 5.54. The number of nitrogens with zero attached hydrogens (tertiary/aromatic N) is 1. The van der Waals surface area contributed by atoms with Gasteiger partial charge in [-0.25, -0.2) is 0 Å². The Labute approximate surface area is 91.4 Å². The molecular formula is C12H19N3. The van der Waals surface area contributed by atoms with Gasteiger partial charge in [0.15, 0.2) is 0 Å². The highest BCUT2D eigenvalue weighted by molar-refractivity contribution is 5.20. The molecule has 0 saturated heterocycles. The molecule has 3 nitrogen and oxygen atoms in total. The summed E-state index contributed by atoms with van der Waals surface area (Å²) in [5.41, 5.74) is 5.05. The van der Waals surface area contributed by atoms with Gasteiger partial charge in [0.25, 0.3) is 0 Å². The Morgan fingerprint density at radius 2 is 2.47 bits per heavy atom. The quantitative estimate of drug-likeness (QED) is 0.324. The number of allylic oxidation sites excluding steroid dienone is 1. The SMILES string of the molecule is C=CCCCC(NN)c1ncccc1C. The summed E-state index contributed by atoms with van der Waals surface area (Å²) in [5.74, 6) is 5.54. The molecule has 1 aromatic rings. The van der Waals surface area contributed by atoms with Gasteiger partial charge in [-0.1, -0.05) is 12.1 Å². The van der Waals surface area contributed by atoms with Crippen molar-refractivity contribution in [1.29, 1.82) is 0 Å². The second kappa shape index (κ2) is 6.32. The largest absolute Gasteiger partial charge is 0.271 e. The zero-order chi connectivity index (χ0) is 11.1. The van der Waals surface area contributed by atoms with Gasteiger partial charge >= 0.3 is 0 Å². The van der Waals surface area contributed by atoms with Gasteiger partial charge in [-0.05, 0) is 37.8 Å². The number of hydrogen-bond donors (Lipinski definition) is 2. The van der Waals surface area contributed by atoms with Crippen molar-refractivity contribution < 1.29 is 0 Å². The molecule has 1 atom stereocenters. The second-order valence-corrected chi connectivity index (χ2v) is 3.64. The zero-order valence-electron chi connectivity index (χ0n) is 9.24. The Hall–Kier alpha value is -1.19. The van der Waals surface area contributed by atoms with Crippen LogP contribution in [0, 0.1) is 6.92 Å². The van der Waals surface area contributed by atoms with E-state index in [2.05, 4.69) is 30.0 Å². The topological polar surface area (TPSA) is 50.9 Å². The molecule has 0 spiro atoms. The van der Waals surface area contributed by atoms with E-state index in [1.165, 1.54) is 5.56 Å². The Morgan fingerprint density at radius 1 is 1.67 bits per heavy atom. The Balaban J connectivity index is 2.65. The standard InChI is InChI=1S/C12H19N3/c1-3-4-5-8-11(15-13)12-10(2)7-6-9-14-12/h3,6-7,9,11,15H,1,4-5,8,13H2,2H3. The lowest BCUT2D eigenvalue weighted by molar-refractivity contribution is 0.488. The molecule has 3 N–H and O–H groups in total. The molecule has 0 aliphatic carbocycles. The summed E-state index contributed by atoms with van der Waals surface area (Å²) < 4.78 is 0. The number of hydrogen-bond acceptors (Lipinski definition) is 3. The smallest absolute Gasteiger partial charge is 0.0635 e. The Bertz CT molecular complexity index is 309. The van der Waals surface area contributed by atoms with Crippen LogP contribution in [0.5, 0.6) is 0 Å². The van der Waals surface area contributed by atoms with Gasteiger partial charge in [-0.3, -0.25) is 16.3 Å². The van der Waals surface area contributed by atoms with Crippen molar-refractivity contribution in [3.63, 3.8) is 0 Å². The first kappa shape index (κ1) is 11.9. The van der Waals surface area contributed by atoms with E-state index in [-0.39, 0.29) is 6.04 Å². The fraction of sp³-hybridized carbons (Fsp3) is 0.417. The third-order valence-corrected chi connectivity index (χ3v) is 2.48. The molecule has 0 aliphatic rings. The minimum absolute atomic E-state index is 0.145. The number of unbranched alkanes of at least 4 members (excludes halogenated alkanes) is 1. The lowest BCUT2D eigenvalue weighted by Gasteiger charge is -2.16. The second-order valence-electron chi connectivity index (χ2n) is 3.64. The van der Waals surface area contributed by atoms with Gasteiger partial charge in [0, 0.05) is 6.20 Å². The number of aromatic nitrogens is 1. The maximum Gasteiger partial charge on any atom is 0.0635 e. The van der Waals surface area contributed by atoms with E-state index < -0.39 is 0 Å². The van der Waals surface area contributed by atoms with Gasteiger partial charge in [-0.15, -0.1) is 6.58 Å². The van der Waals surface area contributed by atoms with Crippen LogP contribution in [-0.2, 0) is 0 Å². The van der Waals surface area contributed by atoms with Gasteiger partial charge in [0.1, 0.15) is 0 Å². The van der Waals surface area contributed by atoms with Crippen LogP contribution < -0.4 is 11.3 Å². The summed E-state index contributed by atoms with van der Waals surface area (Å²) in [6.45, 7) is 5.76. The summed E-state index contributed by atoms with van der Waals surface area (Å²) in [6, 6.07) is 4.14. The number of nitrogens with two attached hydrogens (primary N) is 1. The summed E-state index contributed by atoms with van der Waals surface area (Å²) in [7, 11) is 0. The summed E-state index contributed by atoms with van der Waals surface area (Å²) in [5, 5.41) is 0. The van der Waals surface area contributed by atoms with Crippen LogP contribution in [0.3, 0.4) is 0 Å². The van der Waals surface area contributed by atoms with Crippen molar-refractivity contribution in [2.75, 3.05) is 0 Å². The average Bonchev–Trinajstić information content (AvgIpc) is 2.26. The molecule has 0 bridgehead atoms. The van der Waals surface area contributed by atoms with E-state index in [9.17, 15) is 0 Å². The normalized spacial score (nSPS) is 12.4. The summed E-state index contributed by atoms with van der Waals surface area (Å²) in [4.78, 5) is 4.36. The van der Waals surface area contributed by atoms with Crippen LogP contribution in [0.2, 0.25) is 0 Å². The van der Waals surface area contributed by atoms with Gasteiger partial charge < -0.3 is 0 Å². The van der Waals surface area contributed by atoms with E-state index in [0.717, 1.165) is 25.0 Å². The first-order chi connectivity index (χ1) is 7.29. The molecule has 0 fully saturated rings. The molecule has 0 aromatic carbocycles. The molecule has 1 unspecified atom stereocenters. The van der Waals surface area contributed by atoms with Crippen molar-refractivity contribution in [1.82, 2.24) is 10.4 Å². The molecule has 0 saturated carbocycles. The van der Waals surface area contributed by atoms with Crippen LogP contribution in [0.25, 0.3) is 0 Å². The zero-order valence-corrected chi connectivity index (χ0v) is 9.24. The van der Waals surface area contributed by atoms with E-state index >= 15 is 0 Å². The predicted molar refractivity (Wildman–Crippen MR) is 63.1 cm³/mol. The molecule has 82 valence electrons. The van der Waals surface area contributed by atoms with Gasteiger partial charge in [0.2, 0.25) is 0 Å². The number of pyridine rings is 1. The highest BCUT2D eigenvalue weighted by Crippen LogP contribution is 2.19. The fourth-order valence-electron chi connectivity index (χ4n) is 1.63. The minimum Gasteiger partial charge on any atom is -0.271 e.